The van der Waals surface area contributed by atoms with Gasteiger partial charge in [0.25, 0.3) is 0 Å². The van der Waals surface area contributed by atoms with Crippen LogP contribution in [0.2, 0.25) is 0 Å². The number of hydrogen-bond acceptors (Lipinski definition) is 2. The molecule has 0 unspecified atom stereocenters. The van der Waals surface area contributed by atoms with Crippen LogP contribution in [0.3, 0.4) is 0 Å². The Morgan fingerprint density at radius 1 is 0.511 bits per heavy atom. The molecule has 2 heteroatoms. The molecule has 0 atom stereocenters. The first-order valence-electron chi connectivity index (χ1n) is 15.3. The van der Waals surface area contributed by atoms with E-state index in [-0.39, 0.29) is 0 Å². The SMILES string of the molecule is C=C/C=C(\c1ccccc1C)c1c2ccccc2c(-c2ccc3c(c2)oc2cc4oc5ccccc5c4cc23)c2ccccc12. The molecule has 0 saturated carbocycles. The Morgan fingerprint density at radius 2 is 1.07 bits per heavy atom. The van der Waals surface area contributed by atoms with Crippen LogP contribution in [0.5, 0.6) is 0 Å². The van der Waals surface area contributed by atoms with Crippen molar-refractivity contribution in [2.24, 2.45) is 0 Å². The Hall–Kier alpha value is -5.86. The summed E-state index contributed by atoms with van der Waals surface area (Å²) in [6, 6.07) is 45.2. The quantitative estimate of drug-likeness (QED) is 0.154. The van der Waals surface area contributed by atoms with Crippen molar-refractivity contribution in [1.82, 2.24) is 0 Å². The molecule has 0 N–H and O–H groups in total. The summed E-state index contributed by atoms with van der Waals surface area (Å²) in [4.78, 5) is 0. The number of fused-ring (bicyclic) bond motifs is 8. The number of allylic oxidation sites excluding steroid dienone is 2. The summed E-state index contributed by atoms with van der Waals surface area (Å²) < 4.78 is 12.7. The van der Waals surface area contributed by atoms with Crippen molar-refractivity contribution in [3.63, 3.8) is 0 Å². The van der Waals surface area contributed by atoms with E-state index in [4.69, 9.17) is 8.83 Å². The highest BCUT2D eigenvalue weighted by Gasteiger charge is 2.20. The molecule has 0 aliphatic rings. The van der Waals surface area contributed by atoms with Crippen molar-refractivity contribution in [3.05, 3.63) is 163 Å². The number of hydrogen-bond donors (Lipinski definition) is 0. The van der Waals surface area contributed by atoms with Gasteiger partial charge in [0.05, 0.1) is 0 Å². The third-order valence-electron chi connectivity index (χ3n) is 9.18. The second kappa shape index (κ2) is 9.83. The van der Waals surface area contributed by atoms with Gasteiger partial charge in [-0.3, -0.25) is 0 Å². The fourth-order valence-electron chi connectivity index (χ4n) is 7.18. The van der Waals surface area contributed by atoms with E-state index in [0.717, 1.165) is 49.4 Å². The van der Waals surface area contributed by atoms with Crippen molar-refractivity contribution in [2.45, 2.75) is 6.92 Å². The molecule has 0 fully saturated rings. The van der Waals surface area contributed by atoms with E-state index in [1.54, 1.807) is 0 Å². The molecule has 0 aliphatic heterocycles. The minimum Gasteiger partial charge on any atom is -0.456 e. The summed E-state index contributed by atoms with van der Waals surface area (Å²) in [5.41, 5.74) is 10.6. The number of para-hydroxylation sites is 1. The standard InChI is InChI=1S/C43H28O2/c1-3-12-31(28-14-5-4-13-26(28)2)43-34-18-8-6-16-32(34)42(33-17-7-9-19-35(33)43)27-21-22-30-37-24-36-29-15-10-11-20-38(29)44-40(36)25-41(37)45-39(30)23-27/h3-25H,1H2,2H3/b31-12+. The molecule has 2 nitrogen and oxygen atoms in total. The first-order chi connectivity index (χ1) is 22.2. The van der Waals surface area contributed by atoms with Crippen LogP contribution in [-0.4, -0.2) is 0 Å². The van der Waals surface area contributed by atoms with E-state index in [1.807, 2.05) is 24.3 Å². The van der Waals surface area contributed by atoms with Gasteiger partial charge in [-0.05, 0) is 86.1 Å². The molecule has 0 spiro atoms. The lowest BCUT2D eigenvalue weighted by molar-refractivity contribution is 0.656. The van der Waals surface area contributed by atoms with Crippen LogP contribution in [0.1, 0.15) is 16.7 Å². The van der Waals surface area contributed by atoms with Crippen LogP contribution in [0.15, 0.2) is 155 Å². The molecule has 212 valence electrons. The maximum Gasteiger partial charge on any atom is 0.139 e. The zero-order chi connectivity index (χ0) is 30.1. The van der Waals surface area contributed by atoms with E-state index in [1.165, 1.54) is 49.4 Å². The Kier molecular flexibility index (Phi) is 5.60. The maximum absolute atomic E-state index is 6.53. The highest BCUT2D eigenvalue weighted by Crippen LogP contribution is 2.45. The molecule has 0 saturated heterocycles. The Morgan fingerprint density at radius 3 is 1.76 bits per heavy atom. The summed E-state index contributed by atoms with van der Waals surface area (Å²) in [5.74, 6) is 0. The number of aryl methyl sites for hydroxylation is 1. The molecule has 0 aliphatic carbocycles. The van der Waals surface area contributed by atoms with Gasteiger partial charge in [0.2, 0.25) is 0 Å². The molecule has 7 aromatic carbocycles. The van der Waals surface area contributed by atoms with Gasteiger partial charge in [-0.2, -0.15) is 0 Å². The number of rotatable bonds is 4. The predicted molar refractivity (Wildman–Crippen MR) is 190 cm³/mol. The van der Waals surface area contributed by atoms with E-state index < -0.39 is 0 Å². The third kappa shape index (κ3) is 3.82. The van der Waals surface area contributed by atoms with E-state index >= 15 is 0 Å². The summed E-state index contributed by atoms with van der Waals surface area (Å²) in [7, 11) is 0. The minimum atomic E-state index is 0.830. The maximum atomic E-state index is 6.53. The molecule has 0 radical (unpaired) electrons. The first-order valence-corrected chi connectivity index (χ1v) is 15.3. The average molecular weight is 577 g/mol. The van der Waals surface area contributed by atoms with E-state index in [2.05, 4.69) is 129 Å². The molecular formula is C43H28O2. The second-order valence-corrected chi connectivity index (χ2v) is 11.7. The fourth-order valence-corrected chi connectivity index (χ4v) is 7.18. The molecule has 9 aromatic rings. The van der Waals surface area contributed by atoms with Crippen LogP contribution in [-0.2, 0) is 0 Å². The van der Waals surface area contributed by atoms with Gasteiger partial charge in [0.15, 0.2) is 0 Å². The van der Waals surface area contributed by atoms with Crippen molar-refractivity contribution in [1.29, 1.82) is 0 Å². The van der Waals surface area contributed by atoms with Crippen LogP contribution < -0.4 is 0 Å². The molecular weight excluding hydrogens is 548 g/mol. The topological polar surface area (TPSA) is 26.3 Å². The molecule has 0 amide bonds. The molecule has 45 heavy (non-hydrogen) atoms. The van der Waals surface area contributed by atoms with Crippen LogP contribution in [0.25, 0.3) is 82.1 Å². The van der Waals surface area contributed by atoms with E-state index in [0.29, 0.717) is 0 Å². The molecule has 0 bridgehead atoms. The van der Waals surface area contributed by atoms with Crippen LogP contribution in [0, 0.1) is 6.92 Å². The minimum absolute atomic E-state index is 0.830. The fraction of sp³-hybridized carbons (Fsp3) is 0.0233. The van der Waals surface area contributed by atoms with Gasteiger partial charge in [0.1, 0.15) is 22.3 Å². The first kappa shape index (κ1) is 25.6. The lowest BCUT2D eigenvalue weighted by atomic mass is 9.83. The zero-order valence-corrected chi connectivity index (χ0v) is 24.8. The Bertz CT molecular complexity index is 2620. The summed E-state index contributed by atoms with van der Waals surface area (Å²) in [6.07, 6.45) is 4.05. The van der Waals surface area contributed by atoms with Gasteiger partial charge >= 0.3 is 0 Å². The smallest absolute Gasteiger partial charge is 0.139 e. The monoisotopic (exact) mass is 576 g/mol. The third-order valence-corrected chi connectivity index (χ3v) is 9.18. The lowest BCUT2D eigenvalue weighted by Crippen LogP contribution is -1.97. The highest BCUT2D eigenvalue weighted by molar-refractivity contribution is 6.21. The van der Waals surface area contributed by atoms with E-state index in [9.17, 15) is 0 Å². The van der Waals surface area contributed by atoms with Crippen molar-refractivity contribution in [2.75, 3.05) is 0 Å². The zero-order valence-electron chi connectivity index (χ0n) is 24.8. The summed E-state index contributed by atoms with van der Waals surface area (Å²) in [5, 5.41) is 9.24. The summed E-state index contributed by atoms with van der Waals surface area (Å²) in [6.45, 7) is 6.26. The Labute approximate surface area is 260 Å². The lowest BCUT2D eigenvalue weighted by Gasteiger charge is -2.20. The number of benzene rings is 7. The van der Waals surface area contributed by atoms with Crippen molar-refractivity contribution >= 4 is 71.0 Å². The van der Waals surface area contributed by atoms with Crippen molar-refractivity contribution in [3.8, 4) is 11.1 Å². The molecule has 2 aromatic heterocycles. The second-order valence-electron chi connectivity index (χ2n) is 11.7. The van der Waals surface area contributed by atoms with Gasteiger partial charge in [0, 0.05) is 27.6 Å². The van der Waals surface area contributed by atoms with Gasteiger partial charge < -0.3 is 8.83 Å². The number of furan rings is 2. The molecule has 2 heterocycles. The average Bonchev–Trinajstić information content (AvgIpc) is 3.62. The normalized spacial score (nSPS) is 12.3. The predicted octanol–water partition coefficient (Wildman–Crippen LogP) is 12.4. The largest absolute Gasteiger partial charge is 0.456 e. The Balaban J connectivity index is 1.32. The summed E-state index contributed by atoms with van der Waals surface area (Å²) >= 11 is 0. The van der Waals surface area contributed by atoms with Crippen LogP contribution >= 0.6 is 0 Å². The van der Waals surface area contributed by atoms with Gasteiger partial charge in [-0.25, -0.2) is 0 Å². The van der Waals surface area contributed by atoms with Gasteiger partial charge in [-0.1, -0.05) is 116 Å². The van der Waals surface area contributed by atoms with Gasteiger partial charge in [-0.15, -0.1) is 0 Å². The highest BCUT2D eigenvalue weighted by atomic mass is 16.3. The van der Waals surface area contributed by atoms with Crippen LogP contribution in [0.4, 0.5) is 0 Å². The van der Waals surface area contributed by atoms with Crippen molar-refractivity contribution < 1.29 is 8.83 Å². The molecule has 9 rings (SSSR count).